The van der Waals surface area contributed by atoms with Crippen LogP contribution in [0.25, 0.3) is 0 Å². The Morgan fingerprint density at radius 2 is 0.468 bits per heavy atom. The Bertz CT molecular complexity index is 1880. The normalized spacial score (nSPS) is 11.8. The number of hydrogen-bond donors (Lipinski definition) is 2. The molecule has 0 aliphatic heterocycles. The van der Waals surface area contributed by atoms with Crippen LogP contribution in [0.5, 0.6) is 0 Å². The number of rotatable bonds is 88. The van der Waals surface area contributed by atoms with Crippen LogP contribution >= 0.6 is 0 Å². The van der Waals surface area contributed by atoms with Crippen molar-refractivity contribution in [2.45, 2.75) is 515 Å². The molecule has 109 heavy (non-hydrogen) atoms. The van der Waals surface area contributed by atoms with Crippen molar-refractivity contribution >= 4 is 36.2 Å². The molecule has 0 aromatic heterocycles. The number of hydrogen-bond acceptors (Lipinski definition) is 14. The van der Waals surface area contributed by atoms with E-state index < -0.39 is 54.8 Å². The fourth-order valence-corrected chi connectivity index (χ4v) is 14.2. The van der Waals surface area contributed by atoms with E-state index in [0.717, 1.165) is 77.0 Å². The molecule has 0 fully saturated rings. The summed E-state index contributed by atoms with van der Waals surface area (Å²) >= 11 is 0. The SMILES string of the molecule is CCCCCCCCCCCCCCCCCCCCOC(=O)CC(COC(=O)CCC(=O)O)C(=O)OCCCCCCCCCCCCCCCCCCCC.CCCCCCCCCCCCCCCCCCCCOC(=O)OC[C@@H](CO)OC(=O)OCCCCCCCCCCCCCCCCCCCC. The van der Waals surface area contributed by atoms with Gasteiger partial charge in [0.05, 0.1) is 52.3 Å². The van der Waals surface area contributed by atoms with E-state index in [1.165, 1.54) is 385 Å². The highest BCUT2D eigenvalue weighted by atomic mass is 16.8. The van der Waals surface area contributed by atoms with Crippen molar-refractivity contribution in [3.8, 4) is 0 Å². The van der Waals surface area contributed by atoms with Crippen molar-refractivity contribution < 1.29 is 72.1 Å². The van der Waals surface area contributed by atoms with E-state index in [1.807, 2.05) is 0 Å². The Morgan fingerprint density at radius 1 is 0.239 bits per heavy atom. The summed E-state index contributed by atoms with van der Waals surface area (Å²) in [7, 11) is 0. The van der Waals surface area contributed by atoms with Crippen molar-refractivity contribution in [3.63, 3.8) is 0 Å². The number of aliphatic hydroxyl groups is 1. The van der Waals surface area contributed by atoms with Gasteiger partial charge in [0.15, 0.2) is 6.10 Å². The van der Waals surface area contributed by atoms with Gasteiger partial charge in [0, 0.05) is 0 Å². The second-order valence-electron chi connectivity index (χ2n) is 32.3. The summed E-state index contributed by atoms with van der Waals surface area (Å²) in [5, 5.41) is 18.3. The van der Waals surface area contributed by atoms with Crippen molar-refractivity contribution in [1.82, 2.24) is 0 Å². The summed E-state index contributed by atoms with van der Waals surface area (Å²) in [6, 6.07) is 0. The molecule has 0 aliphatic carbocycles. The third kappa shape index (κ3) is 91.4. The van der Waals surface area contributed by atoms with E-state index in [4.69, 9.17) is 38.3 Å². The second kappa shape index (κ2) is 93.2. The molecule has 1 unspecified atom stereocenters. The zero-order chi connectivity index (χ0) is 79.6. The molecule has 0 saturated carbocycles. The zero-order valence-corrected chi connectivity index (χ0v) is 72.3. The first-order valence-corrected chi connectivity index (χ1v) is 47.5. The molecule has 0 spiro atoms. The van der Waals surface area contributed by atoms with Gasteiger partial charge in [-0.15, -0.1) is 0 Å². The van der Waals surface area contributed by atoms with Crippen LogP contribution in [-0.4, -0.2) is 98.8 Å². The van der Waals surface area contributed by atoms with Crippen LogP contribution in [0.2, 0.25) is 0 Å². The van der Waals surface area contributed by atoms with Gasteiger partial charge < -0.3 is 43.4 Å². The van der Waals surface area contributed by atoms with Crippen LogP contribution in [0.15, 0.2) is 0 Å². The van der Waals surface area contributed by atoms with Crippen LogP contribution in [0.1, 0.15) is 509 Å². The van der Waals surface area contributed by atoms with Crippen molar-refractivity contribution in [2.75, 3.05) is 46.2 Å². The standard InChI is InChI=1S/C49H92O8.C45H88O7/c1-3-5-7-9-11-13-15-17-19-21-23-25-27-29-31-33-35-37-41-55-48(53)43-45(44-57-47(52)40-39-46(50)51)49(54)56-42-38-36-34-32-30-28-26-24-22-20-18-16-14-12-10-8-6-4-2;1-3-5-7-9-11-13-15-17-19-21-23-25-27-29-31-33-35-37-39-49-44(47)51-42-43(41-46)52-45(48)50-40-38-36-34-32-30-28-26-24-22-20-18-16-14-12-10-8-6-4-2/h45H,3-44H2,1-2H3,(H,50,51);43,46H,3-42H2,1-2H3/t;43-/m.1/s1. The molecule has 0 radical (unpaired) electrons. The molecule has 2 atom stereocenters. The first kappa shape index (κ1) is 107. The van der Waals surface area contributed by atoms with Crippen LogP contribution in [0.4, 0.5) is 9.59 Å². The lowest BCUT2D eigenvalue weighted by Gasteiger charge is -2.16. The monoisotopic (exact) mass is 1550 g/mol. The van der Waals surface area contributed by atoms with E-state index in [-0.39, 0.29) is 45.7 Å². The third-order valence-electron chi connectivity index (χ3n) is 21.5. The van der Waals surface area contributed by atoms with Crippen LogP contribution in [-0.2, 0) is 52.3 Å². The topological polar surface area (TPSA) is 207 Å². The summed E-state index contributed by atoms with van der Waals surface area (Å²) < 4.78 is 36.4. The maximum Gasteiger partial charge on any atom is 0.508 e. The van der Waals surface area contributed by atoms with Crippen LogP contribution < -0.4 is 0 Å². The quantitative estimate of drug-likeness (QED) is 0.0330. The van der Waals surface area contributed by atoms with Crippen LogP contribution in [0, 0.1) is 5.92 Å². The first-order chi connectivity index (χ1) is 53.5. The predicted molar refractivity (Wildman–Crippen MR) is 454 cm³/mol. The van der Waals surface area contributed by atoms with Gasteiger partial charge in [0.25, 0.3) is 0 Å². The molecule has 2 N–H and O–H groups in total. The molecule has 0 aromatic rings. The summed E-state index contributed by atoms with van der Waals surface area (Å²) in [5.41, 5.74) is 0. The molecule has 0 amide bonds. The number of aliphatic carboxylic acids is 1. The van der Waals surface area contributed by atoms with E-state index in [0.29, 0.717) is 13.2 Å². The molecule has 0 saturated heterocycles. The van der Waals surface area contributed by atoms with Gasteiger partial charge in [0.2, 0.25) is 0 Å². The van der Waals surface area contributed by atoms with Gasteiger partial charge >= 0.3 is 36.2 Å². The first-order valence-electron chi connectivity index (χ1n) is 47.5. The van der Waals surface area contributed by atoms with E-state index in [1.54, 1.807) is 0 Å². The number of aliphatic hydroxyl groups excluding tert-OH is 1. The molecule has 0 bridgehead atoms. The number of esters is 3. The van der Waals surface area contributed by atoms with E-state index in [9.17, 15) is 33.9 Å². The molecule has 15 nitrogen and oxygen atoms in total. The van der Waals surface area contributed by atoms with Gasteiger partial charge in [-0.2, -0.15) is 0 Å². The molecular weight excluding hydrogens is 1370 g/mol. The van der Waals surface area contributed by atoms with Crippen LogP contribution in [0.3, 0.4) is 0 Å². The van der Waals surface area contributed by atoms with Crippen molar-refractivity contribution in [3.05, 3.63) is 0 Å². The Hall–Kier alpha value is -3.62. The lowest BCUT2D eigenvalue weighted by molar-refractivity contribution is -0.161. The number of unbranched alkanes of at least 4 members (excludes halogenated alkanes) is 68. The molecule has 0 rings (SSSR count). The second-order valence-corrected chi connectivity index (χ2v) is 32.3. The molecule has 0 aromatic carbocycles. The molecule has 646 valence electrons. The van der Waals surface area contributed by atoms with Gasteiger partial charge in [-0.1, -0.05) is 464 Å². The van der Waals surface area contributed by atoms with Crippen molar-refractivity contribution in [2.24, 2.45) is 5.92 Å². The molecule has 0 heterocycles. The minimum atomic E-state index is -1.10. The summed E-state index contributed by atoms with van der Waals surface area (Å²) in [5.74, 6) is -3.89. The van der Waals surface area contributed by atoms with Gasteiger partial charge in [-0.25, -0.2) is 9.59 Å². The molecule has 0 aliphatic rings. The minimum absolute atomic E-state index is 0.233. The smallest absolute Gasteiger partial charge is 0.481 e. The van der Waals surface area contributed by atoms with Crippen molar-refractivity contribution in [1.29, 1.82) is 0 Å². The number of ether oxygens (including phenoxy) is 7. The summed E-state index contributed by atoms with van der Waals surface area (Å²) in [6.45, 7) is 9.21. The lowest BCUT2D eigenvalue weighted by Crippen LogP contribution is -2.29. The predicted octanol–water partition coefficient (Wildman–Crippen LogP) is 29.3. The maximum atomic E-state index is 12.9. The Labute approximate surface area is 672 Å². The molecular formula is C94H180O15. The van der Waals surface area contributed by atoms with Gasteiger partial charge in [-0.05, 0) is 25.7 Å². The minimum Gasteiger partial charge on any atom is -0.481 e. The fourth-order valence-electron chi connectivity index (χ4n) is 14.2. The number of carbonyl (C=O) groups excluding carboxylic acids is 5. The number of carboxylic acids is 1. The van der Waals surface area contributed by atoms with E-state index in [2.05, 4.69) is 27.7 Å². The largest absolute Gasteiger partial charge is 0.508 e. The summed E-state index contributed by atoms with van der Waals surface area (Å²) in [6.07, 6.45) is 89.9. The third-order valence-corrected chi connectivity index (χ3v) is 21.5. The Kier molecular flexibility index (Phi) is 91.9. The molecule has 15 heteroatoms. The van der Waals surface area contributed by atoms with Gasteiger partial charge in [0.1, 0.15) is 19.1 Å². The Balaban J connectivity index is 0. The zero-order valence-electron chi connectivity index (χ0n) is 72.3. The lowest BCUT2D eigenvalue weighted by atomic mass is 10.0. The van der Waals surface area contributed by atoms with E-state index >= 15 is 0 Å². The Morgan fingerprint density at radius 3 is 0.716 bits per heavy atom. The highest BCUT2D eigenvalue weighted by Crippen LogP contribution is 2.21. The average molecular weight is 1550 g/mol. The number of carboxylic acid groups (broad SMARTS) is 1. The maximum absolute atomic E-state index is 12.9. The highest BCUT2D eigenvalue weighted by Gasteiger charge is 2.27. The average Bonchev–Trinajstić information content (AvgIpc) is 0.944. The van der Waals surface area contributed by atoms with Gasteiger partial charge in [-0.3, -0.25) is 19.2 Å². The highest BCUT2D eigenvalue weighted by molar-refractivity contribution is 5.81. The fraction of sp³-hybridized carbons (Fsp3) is 0.936. The number of carbonyl (C=O) groups is 6. The summed E-state index contributed by atoms with van der Waals surface area (Å²) in [4.78, 5) is 72.2.